The molecule has 18 heavy (non-hydrogen) atoms. The van der Waals surface area contributed by atoms with E-state index in [1.54, 1.807) is 20.9 Å². The molecule has 1 aliphatic carbocycles. The summed E-state index contributed by atoms with van der Waals surface area (Å²) in [5.41, 5.74) is 6.17. The van der Waals surface area contributed by atoms with Gasteiger partial charge in [-0.25, -0.2) is 12.8 Å². The third-order valence-electron chi connectivity index (χ3n) is 3.40. The highest BCUT2D eigenvalue weighted by atomic mass is 32.2. The van der Waals surface area contributed by atoms with Crippen LogP contribution >= 0.6 is 0 Å². The molecule has 0 saturated heterocycles. The van der Waals surface area contributed by atoms with Crippen LogP contribution in [0, 0.1) is 19.7 Å². The van der Waals surface area contributed by atoms with E-state index in [-0.39, 0.29) is 16.6 Å². The lowest BCUT2D eigenvalue weighted by Crippen LogP contribution is -2.30. The molecule has 2 N–H and O–H groups in total. The van der Waals surface area contributed by atoms with Crippen molar-refractivity contribution >= 4 is 15.7 Å². The summed E-state index contributed by atoms with van der Waals surface area (Å²) in [6.07, 6.45) is 1.76. The average molecular weight is 272 g/mol. The maximum atomic E-state index is 13.4. The molecule has 0 heterocycles. The Morgan fingerprint density at radius 3 is 2.44 bits per heavy atom. The Morgan fingerprint density at radius 1 is 1.39 bits per heavy atom. The number of nitrogen functional groups attached to an aromatic ring is 1. The van der Waals surface area contributed by atoms with Crippen LogP contribution in [0.25, 0.3) is 0 Å². The Kier molecular flexibility index (Phi) is 3.11. The van der Waals surface area contributed by atoms with Crippen molar-refractivity contribution in [2.75, 3.05) is 12.8 Å². The first-order valence-electron chi connectivity index (χ1n) is 5.80. The standard InChI is InChI=1S/C12H17FN2O2S/c1-7-6-10(13)11(14)8(2)12(7)18(16,17)15(3)9-4-5-9/h6,9H,4-5,14H2,1-3H3. The molecule has 2 rings (SSSR count). The molecule has 0 spiro atoms. The second-order valence-corrected chi connectivity index (χ2v) is 6.73. The third kappa shape index (κ3) is 1.99. The number of nitrogens with zero attached hydrogens (tertiary/aromatic N) is 1. The summed E-state index contributed by atoms with van der Waals surface area (Å²) in [6.45, 7) is 3.13. The van der Waals surface area contributed by atoms with Crippen LogP contribution in [-0.4, -0.2) is 25.8 Å². The zero-order chi connectivity index (χ0) is 13.7. The molecule has 0 radical (unpaired) electrons. The second-order valence-electron chi connectivity index (χ2n) is 4.80. The lowest BCUT2D eigenvalue weighted by molar-refractivity contribution is 0.463. The first-order valence-corrected chi connectivity index (χ1v) is 7.24. The molecule has 0 bridgehead atoms. The van der Waals surface area contributed by atoms with E-state index in [1.165, 1.54) is 10.4 Å². The predicted molar refractivity (Wildman–Crippen MR) is 68.3 cm³/mol. The molecule has 1 aliphatic rings. The fourth-order valence-corrected chi connectivity index (χ4v) is 3.96. The van der Waals surface area contributed by atoms with Crippen LogP contribution in [0.4, 0.5) is 10.1 Å². The molecule has 1 aromatic rings. The summed E-state index contributed by atoms with van der Waals surface area (Å²) in [7, 11) is -2.03. The van der Waals surface area contributed by atoms with Crippen molar-refractivity contribution in [3.63, 3.8) is 0 Å². The van der Waals surface area contributed by atoms with Crippen LogP contribution in [0.3, 0.4) is 0 Å². The van der Waals surface area contributed by atoms with Gasteiger partial charge in [0.05, 0.1) is 10.6 Å². The van der Waals surface area contributed by atoms with Gasteiger partial charge >= 0.3 is 0 Å². The topological polar surface area (TPSA) is 63.4 Å². The number of hydrogen-bond acceptors (Lipinski definition) is 3. The van der Waals surface area contributed by atoms with E-state index in [9.17, 15) is 12.8 Å². The average Bonchev–Trinajstić information content (AvgIpc) is 3.08. The Labute approximate surface area is 107 Å². The Bertz CT molecular complexity index is 595. The van der Waals surface area contributed by atoms with E-state index in [2.05, 4.69) is 0 Å². The molecule has 6 heteroatoms. The van der Waals surface area contributed by atoms with Crippen LogP contribution in [0.2, 0.25) is 0 Å². The van der Waals surface area contributed by atoms with Crippen LogP contribution in [0.15, 0.2) is 11.0 Å². The van der Waals surface area contributed by atoms with Gasteiger partial charge in [0, 0.05) is 13.1 Å². The number of hydrogen-bond donors (Lipinski definition) is 1. The normalized spacial score (nSPS) is 16.3. The van der Waals surface area contributed by atoms with Crippen molar-refractivity contribution in [2.24, 2.45) is 0 Å². The smallest absolute Gasteiger partial charge is 0.243 e. The zero-order valence-corrected chi connectivity index (χ0v) is 11.5. The monoisotopic (exact) mass is 272 g/mol. The van der Waals surface area contributed by atoms with Crippen molar-refractivity contribution < 1.29 is 12.8 Å². The number of benzene rings is 1. The largest absolute Gasteiger partial charge is 0.396 e. The maximum absolute atomic E-state index is 13.4. The van der Waals surface area contributed by atoms with Gasteiger partial charge in [-0.2, -0.15) is 4.31 Å². The first-order chi connectivity index (χ1) is 8.26. The summed E-state index contributed by atoms with van der Waals surface area (Å²) in [4.78, 5) is 0.135. The number of rotatable bonds is 3. The third-order valence-corrected chi connectivity index (χ3v) is 5.60. The van der Waals surface area contributed by atoms with E-state index >= 15 is 0 Å². The van der Waals surface area contributed by atoms with Gasteiger partial charge in [0.2, 0.25) is 10.0 Å². The molecular weight excluding hydrogens is 255 g/mol. The number of nitrogens with two attached hydrogens (primary N) is 1. The van der Waals surface area contributed by atoms with E-state index in [0.717, 1.165) is 12.8 Å². The van der Waals surface area contributed by atoms with Gasteiger partial charge in [0.15, 0.2) is 0 Å². The van der Waals surface area contributed by atoms with Gasteiger partial charge in [-0.15, -0.1) is 0 Å². The van der Waals surface area contributed by atoms with E-state index in [0.29, 0.717) is 11.1 Å². The molecule has 0 aromatic heterocycles. The SMILES string of the molecule is Cc1cc(F)c(N)c(C)c1S(=O)(=O)N(C)C1CC1. The van der Waals surface area contributed by atoms with Gasteiger partial charge in [-0.1, -0.05) is 0 Å². The highest BCUT2D eigenvalue weighted by Gasteiger charge is 2.37. The zero-order valence-electron chi connectivity index (χ0n) is 10.7. The Balaban J connectivity index is 2.60. The highest BCUT2D eigenvalue weighted by Crippen LogP contribution is 2.34. The lowest BCUT2D eigenvalue weighted by Gasteiger charge is -2.20. The lowest BCUT2D eigenvalue weighted by atomic mass is 10.1. The minimum absolute atomic E-state index is 0.0695. The predicted octanol–water partition coefficient (Wildman–Crippen LogP) is 1.81. The number of aryl methyl sites for hydroxylation is 1. The molecule has 4 nitrogen and oxygen atoms in total. The Morgan fingerprint density at radius 2 is 1.94 bits per heavy atom. The molecule has 0 aliphatic heterocycles. The Hall–Kier alpha value is -1.14. The molecule has 0 unspecified atom stereocenters. The fourth-order valence-electron chi connectivity index (χ4n) is 2.11. The number of sulfonamides is 1. The minimum atomic E-state index is -3.59. The van der Waals surface area contributed by atoms with Gasteiger partial charge in [-0.3, -0.25) is 0 Å². The molecule has 1 fully saturated rings. The molecule has 100 valence electrons. The second kappa shape index (κ2) is 4.20. The number of anilines is 1. The molecular formula is C12H17FN2O2S. The fraction of sp³-hybridized carbons (Fsp3) is 0.500. The van der Waals surface area contributed by atoms with E-state index in [1.807, 2.05) is 0 Å². The van der Waals surface area contributed by atoms with Crippen LogP contribution in [-0.2, 0) is 10.0 Å². The van der Waals surface area contributed by atoms with Crippen LogP contribution in [0.1, 0.15) is 24.0 Å². The summed E-state index contributed by atoms with van der Waals surface area (Å²) in [5, 5.41) is 0. The quantitative estimate of drug-likeness (QED) is 0.853. The van der Waals surface area contributed by atoms with Crippen molar-refractivity contribution in [1.82, 2.24) is 4.31 Å². The summed E-state index contributed by atoms with van der Waals surface area (Å²) >= 11 is 0. The van der Waals surface area contributed by atoms with Crippen molar-refractivity contribution in [2.45, 2.75) is 37.6 Å². The molecule has 1 saturated carbocycles. The van der Waals surface area contributed by atoms with E-state index in [4.69, 9.17) is 5.73 Å². The van der Waals surface area contributed by atoms with Crippen LogP contribution < -0.4 is 5.73 Å². The summed E-state index contributed by atoms with van der Waals surface area (Å²) < 4.78 is 39.7. The number of halogens is 1. The van der Waals surface area contributed by atoms with Gasteiger partial charge in [-0.05, 0) is 43.9 Å². The summed E-state index contributed by atoms with van der Waals surface area (Å²) in [6, 6.07) is 1.25. The van der Waals surface area contributed by atoms with Gasteiger partial charge in [0.25, 0.3) is 0 Å². The highest BCUT2D eigenvalue weighted by molar-refractivity contribution is 7.89. The van der Waals surface area contributed by atoms with E-state index < -0.39 is 15.8 Å². The van der Waals surface area contributed by atoms with Gasteiger partial charge < -0.3 is 5.73 Å². The minimum Gasteiger partial charge on any atom is -0.396 e. The summed E-state index contributed by atoms with van der Waals surface area (Å²) in [5.74, 6) is -0.571. The maximum Gasteiger partial charge on any atom is 0.243 e. The van der Waals surface area contributed by atoms with Crippen LogP contribution in [0.5, 0.6) is 0 Å². The molecule has 1 aromatic carbocycles. The molecule has 0 amide bonds. The first kappa shape index (κ1) is 13.3. The van der Waals surface area contributed by atoms with Crippen molar-refractivity contribution in [1.29, 1.82) is 0 Å². The van der Waals surface area contributed by atoms with Crippen molar-refractivity contribution in [3.8, 4) is 0 Å². The van der Waals surface area contributed by atoms with Gasteiger partial charge in [0.1, 0.15) is 5.82 Å². The van der Waals surface area contributed by atoms with Crippen molar-refractivity contribution in [3.05, 3.63) is 23.0 Å². The molecule has 0 atom stereocenters.